The Balaban J connectivity index is 2.06. The summed E-state index contributed by atoms with van der Waals surface area (Å²) >= 11 is 0. The van der Waals surface area contributed by atoms with Crippen molar-refractivity contribution < 1.29 is 5.11 Å². The van der Waals surface area contributed by atoms with Crippen LogP contribution in [0.15, 0.2) is 11.6 Å². The largest absolute Gasteiger partial charge is 0.393 e. The van der Waals surface area contributed by atoms with E-state index < -0.39 is 0 Å². The van der Waals surface area contributed by atoms with E-state index in [9.17, 15) is 5.11 Å². The number of rotatable bonds is 0. The highest BCUT2D eigenvalue weighted by atomic mass is 16.3. The molecule has 1 saturated carbocycles. The van der Waals surface area contributed by atoms with Crippen molar-refractivity contribution in [1.29, 1.82) is 0 Å². The topological polar surface area (TPSA) is 20.2 Å². The fraction of sp³-hybridized carbons (Fsp3) is 0.778. The minimum Gasteiger partial charge on any atom is -0.393 e. The Kier molecular flexibility index (Phi) is 1.53. The lowest BCUT2D eigenvalue weighted by Crippen LogP contribution is -2.19. The van der Waals surface area contributed by atoms with Crippen molar-refractivity contribution in [3.8, 4) is 0 Å². The maximum atomic E-state index is 9.33. The summed E-state index contributed by atoms with van der Waals surface area (Å²) in [6, 6.07) is 0. The van der Waals surface area contributed by atoms with Gasteiger partial charge >= 0.3 is 0 Å². The van der Waals surface area contributed by atoms with Crippen LogP contribution in [-0.4, -0.2) is 11.2 Å². The lowest BCUT2D eigenvalue weighted by atomic mass is 9.84. The highest BCUT2D eigenvalue weighted by Crippen LogP contribution is 2.37. The summed E-state index contributed by atoms with van der Waals surface area (Å²) in [4.78, 5) is 0. The van der Waals surface area contributed by atoms with Crippen LogP contribution in [0.25, 0.3) is 0 Å². The fourth-order valence-corrected chi connectivity index (χ4v) is 2.18. The van der Waals surface area contributed by atoms with Gasteiger partial charge in [-0.3, -0.25) is 0 Å². The summed E-state index contributed by atoms with van der Waals surface area (Å²) in [5.41, 5.74) is 1.63. The van der Waals surface area contributed by atoms with Gasteiger partial charge in [-0.2, -0.15) is 0 Å². The van der Waals surface area contributed by atoms with E-state index in [-0.39, 0.29) is 6.10 Å². The van der Waals surface area contributed by atoms with E-state index in [1.54, 1.807) is 5.57 Å². The normalized spacial score (nSPS) is 39.1. The molecule has 1 nitrogen and oxygen atoms in total. The zero-order chi connectivity index (χ0) is 6.97. The molecule has 2 aliphatic rings. The van der Waals surface area contributed by atoms with E-state index in [2.05, 4.69) is 6.08 Å². The number of hydrogen-bond donors (Lipinski definition) is 1. The minimum atomic E-state index is 0.000231. The fourth-order valence-electron chi connectivity index (χ4n) is 2.18. The van der Waals surface area contributed by atoms with E-state index in [0.29, 0.717) is 0 Å². The van der Waals surface area contributed by atoms with Crippen LogP contribution in [0.5, 0.6) is 0 Å². The minimum absolute atomic E-state index is 0.000231. The predicted octanol–water partition coefficient (Wildman–Crippen LogP) is 1.87. The van der Waals surface area contributed by atoms with Gasteiger partial charge < -0.3 is 5.11 Å². The van der Waals surface area contributed by atoms with Crippen LogP contribution in [0.3, 0.4) is 0 Å². The van der Waals surface area contributed by atoms with Gasteiger partial charge in [0.05, 0.1) is 6.10 Å². The number of fused-ring (bicyclic) bond motifs is 1. The van der Waals surface area contributed by atoms with E-state index >= 15 is 0 Å². The van der Waals surface area contributed by atoms with Gasteiger partial charge in [0.15, 0.2) is 0 Å². The smallest absolute Gasteiger partial charge is 0.0549 e. The molecule has 2 aliphatic carbocycles. The standard InChI is InChI=1S/C9H14O/c10-9-5-4-7-2-1-3-8(7)6-9/h2,8-10H,1,3-6H2/t8-,9?/m0/s1. The molecule has 0 aliphatic heterocycles. The van der Waals surface area contributed by atoms with Gasteiger partial charge in [0.1, 0.15) is 0 Å². The van der Waals surface area contributed by atoms with Gasteiger partial charge in [0, 0.05) is 0 Å². The van der Waals surface area contributed by atoms with Crippen molar-refractivity contribution in [3.63, 3.8) is 0 Å². The Morgan fingerprint density at radius 2 is 2.30 bits per heavy atom. The summed E-state index contributed by atoms with van der Waals surface area (Å²) in [5, 5.41) is 9.33. The van der Waals surface area contributed by atoms with Gasteiger partial charge in [0.2, 0.25) is 0 Å². The van der Waals surface area contributed by atoms with Crippen molar-refractivity contribution in [3.05, 3.63) is 11.6 Å². The second-order valence-corrected chi connectivity index (χ2v) is 3.48. The maximum absolute atomic E-state index is 9.33. The van der Waals surface area contributed by atoms with Crippen molar-refractivity contribution in [2.24, 2.45) is 5.92 Å². The molecular weight excluding hydrogens is 124 g/mol. The summed E-state index contributed by atoms with van der Waals surface area (Å²) in [6.07, 6.45) is 8.12. The summed E-state index contributed by atoms with van der Waals surface area (Å²) in [7, 11) is 0. The number of hydrogen-bond acceptors (Lipinski definition) is 1. The first-order chi connectivity index (χ1) is 4.86. The van der Waals surface area contributed by atoms with Crippen LogP contribution in [0.1, 0.15) is 32.1 Å². The molecule has 1 unspecified atom stereocenters. The Morgan fingerprint density at radius 3 is 3.20 bits per heavy atom. The molecule has 0 heterocycles. The highest BCUT2D eigenvalue weighted by Gasteiger charge is 2.26. The van der Waals surface area contributed by atoms with Gasteiger partial charge in [-0.05, 0) is 38.0 Å². The molecule has 10 heavy (non-hydrogen) atoms. The van der Waals surface area contributed by atoms with Crippen molar-refractivity contribution >= 4 is 0 Å². The number of aliphatic hydroxyl groups is 1. The molecular formula is C9H14O. The zero-order valence-electron chi connectivity index (χ0n) is 6.21. The van der Waals surface area contributed by atoms with Gasteiger partial charge in [-0.25, -0.2) is 0 Å². The molecule has 0 aromatic carbocycles. The molecule has 56 valence electrons. The van der Waals surface area contributed by atoms with Crippen molar-refractivity contribution in [1.82, 2.24) is 0 Å². The SMILES string of the molecule is OC1CCC2=CCC[C@H]2C1. The molecule has 0 aromatic rings. The van der Waals surface area contributed by atoms with Gasteiger partial charge in [-0.15, -0.1) is 0 Å². The van der Waals surface area contributed by atoms with E-state index in [4.69, 9.17) is 0 Å². The monoisotopic (exact) mass is 138 g/mol. The van der Waals surface area contributed by atoms with E-state index in [1.165, 1.54) is 12.8 Å². The third-order valence-corrected chi connectivity index (χ3v) is 2.77. The molecule has 0 amide bonds. The van der Waals surface area contributed by atoms with Crippen LogP contribution >= 0.6 is 0 Å². The average molecular weight is 138 g/mol. The second-order valence-electron chi connectivity index (χ2n) is 3.48. The molecule has 0 radical (unpaired) electrons. The Labute approximate surface area is 61.8 Å². The first-order valence-electron chi connectivity index (χ1n) is 4.23. The molecule has 0 aromatic heterocycles. The number of aliphatic hydroxyl groups excluding tert-OH is 1. The molecule has 2 atom stereocenters. The maximum Gasteiger partial charge on any atom is 0.0549 e. The molecule has 1 heteroatoms. The van der Waals surface area contributed by atoms with E-state index in [0.717, 1.165) is 25.2 Å². The second kappa shape index (κ2) is 2.39. The summed E-state index contributed by atoms with van der Waals surface area (Å²) in [5.74, 6) is 0.753. The predicted molar refractivity (Wildman–Crippen MR) is 40.7 cm³/mol. The van der Waals surface area contributed by atoms with Crippen molar-refractivity contribution in [2.75, 3.05) is 0 Å². The third kappa shape index (κ3) is 0.988. The molecule has 1 N–H and O–H groups in total. The Morgan fingerprint density at radius 1 is 1.40 bits per heavy atom. The zero-order valence-corrected chi connectivity index (χ0v) is 6.21. The van der Waals surface area contributed by atoms with Gasteiger partial charge in [-0.1, -0.05) is 11.6 Å². The Hall–Kier alpha value is -0.300. The van der Waals surface area contributed by atoms with Crippen molar-refractivity contribution in [2.45, 2.75) is 38.2 Å². The van der Waals surface area contributed by atoms with Crippen LogP contribution < -0.4 is 0 Å². The summed E-state index contributed by atoms with van der Waals surface area (Å²) < 4.78 is 0. The highest BCUT2D eigenvalue weighted by molar-refractivity contribution is 5.15. The first kappa shape index (κ1) is 6.41. The molecule has 0 bridgehead atoms. The van der Waals surface area contributed by atoms with Crippen LogP contribution in [0.4, 0.5) is 0 Å². The lowest BCUT2D eigenvalue weighted by molar-refractivity contribution is 0.123. The first-order valence-corrected chi connectivity index (χ1v) is 4.23. The lowest BCUT2D eigenvalue weighted by Gasteiger charge is -2.24. The van der Waals surface area contributed by atoms with Crippen LogP contribution in [-0.2, 0) is 0 Å². The molecule has 1 fully saturated rings. The number of allylic oxidation sites excluding steroid dienone is 2. The quantitative estimate of drug-likeness (QED) is 0.507. The van der Waals surface area contributed by atoms with Crippen LogP contribution in [0, 0.1) is 5.92 Å². The van der Waals surface area contributed by atoms with Crippen LogP contribution in [0.2, 0.25) is 0 Å². The Bertz CT molecular complexity index is 160. The molecule has 2 rings (SSSR count). The van der Waals surface area contributed by atoms with Gasteiger partial charge in [0.25, 0.3) is 0 Å². The third-order valence-electron chi connectivity index (χ3n) is 2.77. The summed E-state index contributed by atoms with van der Waals surface area (Å²) in [6.45, 7) is 0. The average Bonchev–Trinajstić information content (AvgIpc) is 2.33. The molecule has 0 spiro atoms. The molecule has 0 saturated heterocycles. The van der Waals surface area contributed by atoms with E-state index in [1.807, 2.05) is 0 Å².